The van der Waals surface area contributed by atoms with Crippen molar-refractivity contribution in [2.45, 2.75) is 18.9 Å². The lowest BCUT2D eigenvalue weighted by Crippen LogP contribution is -2.25. The number of hydrogen-bond acceptors (Lipinski definition) is 5. The number of nitrogen functional groups attached to an aromatic ring is 1. The molecule has 0 saturated carbocycles. The highest BCUT2D eigenvalue weighted by Gasteiger charge is 2.31. The molecule has 4 rings (SSSR count). The van der Waals surface area contributed by atoms with Crippen LogP contribution in [0.5, 0.6) is 11.5 Å². The summed E-state index contributed by atoms with van der Waals surface area (Å²) < 4.78 is 25.3. The fourth-order valence-electron chi connectivity index (χ4n) is 3.36. The molecule has 1 atom stereocenters. The van der Waals surface area contributed by atoms with Gasteiger partial charge in [-0.1, -0.05) is 0 Å². The molecule has 0 radical (unpaired) electrons. The van der Waals surface area contributed by atoms with Crippen LogP contribution >= 0.6 is 0 Å². The van der Waals surface area contributed by atoms with Crippen LogP contribution in [-0.4, -0.2) is 24.7 Å². The maximum atomic E-state index is 14.0. The van der Waals surface area contributed by atoms with Gasteiger partial charge in [-0.3, -0.25) is 0 Å². The molecule has 2 aromatic rings. The number of aromatic nitrogens is 1. The van der Waals surface area contributed by atoms with E-state index in [1.165, 1.54) is 6.07 Å². The number of benzene rings is 1. The molecular formula is C17H18FN3O2. The minimum absolute atomic E-state index is 0.0478. The minimum Gasteiger partial charge on any atom is -0.486 e. The Morgan fingerprint density at radius 1 is 1.22 bits per heavy atom. The third-order valence-corrected chi connectivity index (χ3v) is 4.35. The van der Waals surface area contributed by atoms with Crippen molar-refractivity contribution in [2.75, 3.05) is 30.4 Å². The average molecular weight is 315 g/mol. The predicted octanol–water partition coefficient (Wildman–Crippen LogP) is 2.92. The van der Waals surface area contributed by atoms with Gasteiger partial charge in [0.2, 0.25) is 0 Å². The van der Waals surface area contributed by atoms with Crippen LogP contribution in [0.15, 0.2) is 30.5 Å². The van der Waals surface area contributed by atoms with Crippen molar-refractivity contribution in [3.63, 3.8) is 0 Å². The van der Waals surface area contributed by atoms with Crippen LogP contribution in [0.2, 0.25) is 0 Å². The van der Waals surface area contributed by atoms with Gasteiger partial charge in [-0.05, 0) is 31.0 Å². The maximum absolute atomic E-state index is 14.0. The van der Waals surface area contributed by atoms with Gasteiger partial charge in [-0.2, -0.15) is 0 Å². The highest BCUT2D eigenvalue weighted by Crippen LogP contribution is 2.44. The largest absolute Gasteiger partial charge is 0.486 e. The first-order valence-electron chi connectivity index (χ1n) is 7.79. The summed E-state index contributed by atoms with van der Waals surface area (Å²) in [5, 5.41) is 0. The summed E-state index contributed by atoms with van der Waals surface area (Å²) in [6.07, 6.45) is 3.72. The molecule has 1 saturated heterocycles. The Kier molecular flexibility index (Phi) is 3.44. The summed E-state index contributed by atoms with van der Waals surface area (Å²) in [6, 6.07) is 6.73. The summed E-state index contributed by atoms with van der Waals surface area (Å²) in [4.78, 5) is 6.38. The van der Waals surface area contributed by atoms with Crippen molar-refractivity contribution < 1.29 is 13.9 Å². The normalized spacial score (nSPS) is 19.9. The fourth-order valence-corrected chi connectivity index (χ4v) is 3.36. The van der Waals surface area contributed by atoms with Crippen molar-refractivity contribution in [1.29, 1.82) is 0 Å². The molecule has 3 heterocycles. The van der Waals surface area contributed by atoms with Crippen LogP contribution in [0.3, 0.4) is 0 Å². The van der Waals surface area contributed by atoms with Crippen LogP contribution in [0.25, 0.3) is 0 Å². The zero-order chi connectivity index (χ0) is 15.8. The van der Waals surface area contributed by atoms with Gasteiger partial charge >= 0.3 is 0 Å². The first-order chi connectivity index (χ1) is 11.2. The summed E-state index contributed by atoms with van der Waals surface area (Å²) in [7, 11) is 0. The van der Waals surface area contributed by atoms with E-state index in [2.05, 4.69) is 9.88 Å². The lowest BCUT2D eigenvalue weighted by molar-refractivity contribution is 0.168. The van der Waals surface area contributed by atoms with Crippen LogP contribution in [0.4, 0.5) is 15.9 Å². The van der Waals surface area contributed by atoms with Gasteiger partial charge in [-0.15, -0.1) is 0 Å². The third-order valence-electron chi connectivity index (χ3n) is 4.35. The molecule has 5 nitrogen and oxygen atoms in total. The topological polar surface area (TPSA) is 60.6 Å². The van der Waals surface area contributed by atoms with Crippen LogP contribution in [0, 0.1) is 5.82 Å². The SMILES string of the molecule is Nc1ccc(N2CCCC2c2cc(F)cc3c2OCCO3)cn1. The molecule has 6 heteroatoms. The Labute approximate surface area is 133 Å². The van der Waals surface area contributed by atoms with E-state index in [9.17, 15) is 4.39 Å². The van der Waals surface area contributed by atoms with Crippen molar-refractivity contribution in [3.05, 3.63) is 41.8 Å². The second kappa shape index (κ2) is 5.61. The molecule has 120 valence electrons. The number of anilines is 2. The summed E-state index contributed by atoms with van der Waals surface area (Å²) in [5.41, 5.74) is 7.49. The van der Waals surface area contributed by atoms with Crippen molar-refractivity contribution in [3.8, 4) is 11.5 Å². The van der Waals surface area contributed by atoms with Gasteiger partial charge in [0, 0.05) is 18.2 Å². The molecule has 1 fully saturated rings. The van der Waals surface area contributed by atoms with Crippen molar-refractivity contribution in [2.24, 2.45) is 0 Å². The van der Waals surface area contributed by atoms with E-state index in [0.29, 0.717) is 30.5 Å². The molecule has 0 aliphatic carbocycles. The lowest BCUT2D eigenvalue weighted by Gasteiger charge is -2.30. The molecule has 23 heavy (non-hydrogen) atoms. The van der Waals surface area contributed by atoms with Gasteiger partial charge in [0.1, 0.15) is 24.8 Å². The minimum atomic E-state index is -0.300. The lowest BCUT2D eigenvalue weighted by atomic mass is 10.0. The van der Waals surface area contributed by atoms with Gasteiger partial charge in [0.05, 0.1) is 17.9 Å². The summed E-state index contributed by atoms with van der Waals surface area (Å²) >= 11 is 0. The number of pyridine rings is 1. The highest BCUT2D eigenvalue weighted by atomic mass is 19.1. The Hall–Kier alpha value is -2.50. The molecule has 1 unspecified atom stereocenters. The number of nitrogens with zero attached hydrogens (tertiary/aromatic N) is 2. The molecule has 0 spiro atoms. The Morgan fingerprint density at radius 3 is 2.91 bits per heavy atom. The quantitative estimate of drug-likeness (QED) is 0.923. The first-order valence-corrected chi connectivity index (χ1v) is 7.79. The average Bonchev–Trinajstić information content (AvgIpc) is 3.04. The Bertz CT molecular complexity index is 721. The van der Waals surface area contributed by atoms with Crippen LogP contribution in [-0.2, 0) is 0 Å². The molecule has 0 amide bonds. The predicted molar refractivity (Wildman–Crippen MR) is 85.4 cm³/mol. The molecule has 2 N–H and O–H groups in total. The Balaban J connectivity index is 1.74. The molecule has 2 aliphatic rings. The zero-order valence-corrected chi connectivity index (χ0v) is 12.7. The molecule has 1 aromatic heterocycles. The van der Waals surface area contributed by atoms with E-state index >= 15 is 0 Å². The fraction of sp³-hybridized carbons (Fsp3) is 0.353. The number of halogens is 1. The zero-order valence-electron chi connectivity index (χ0n) is 12.7. The van der Waals surface area contributed by atoms with E-state index in [1.54, 1.807) is 18.3 Å². The maximum Gasteiger partial charge on any atom is 0.166 e. The summed E-state index contributed by atoms with van der Waals surface area (Å²) in [5.74, 6) is 1.35. The van der Waals surface area contributed by atoms with Crippen LogP contribution in [0.1, 0.15) is 24.4 Å². The number of rotatable bonds is 2. The summed E-state index contributed by atoms with van der Waals surface area (Å²) in [6.45, 7) is 1.83. The van der Waals surface area contributed by atoms with E-state index < -0.39 is 0 Å². The van der Waals surface area contributed by atoms with E-state index in [-0.39, 0.29) is 11.9 Å². The Morgan fingerprint density at radius 2 is 2.09 bits per heavy atom. The van der Waals surface area contributed by atoms with Crippen molar-refractivity contribution in [1.82, 2.24) is 4.98 Å². The second-order valence-corrected chi connectivity index (χ2v) is 5.81. The first kappa shape index (κ1) is 14.1. The number of ether oxygens (including phenoxy) is 2. The van der Waals surface area contributed by atoms with Crippen LogP contribution < -0.4 is 20.1 Å². The molecule has 1 aromatic carbocycles. The third kappa shape index (κ3) is 2.54. The highest BCUT2D eigenvalue weighted by molar-refractivity contribution is 5.56. The number of fused-ring (bicyclic) bond motifs is 1. The molecule has 2 aliphatic heterocycles. The van der Waals surface area contributed by atoms with E-state index in [0.717, 1.165) is 30.6 Å². The number of nitrogens with two attached hydrogens (primary N) is 1. The second-order valence-electron chi connectivity index (χ2n) is 5.81. The van der Waals surface area contributed by atoms with Gasteiger partial charge in [0.25, 0.3) is 0 Å². The van der Waals surface area contributed by atoms with E-state index in [4.69, 9.17) is 15.2 Å². The van der Waals surface area contributed by atoms with Crippen molar-refractivity contribution >= 4 is 11.5 Å². The standard InChI is InChI=1S/C17H18FN3O2/c18-11-8-13(17-15(9-11)22-6-7-23-17)14-2-1-5-21(14)12-3-4-16(19)20-10-12/h3-4,8-10,14H,1-2,5-7H2,(H2,19,20). The monoisotopic (exact) mass is 315 g/mol. The number of hydrogen-bond donors (Lipinski definition) is 1. The van der Waals surface area contributed by atoms with E-state index in [1.807, 2.05) is 6.07 Å². The smallest absolute Gasteiger partial charge is 0.166 e. The molecule has 0 bridgehead atoms. The van der Waals surface area contributed by atoms with Gasteiger partial charge in [0.15, 0.2) is 11.5 Å². The van der Waals surface area contributed by atoms with Gasteiger partial charge < -0.3 is 20.1 Å². The molecular weight excluding hydrogens is 297 g/mol. The van der Waals surface area contributed by atoms with Gasteiger partial charge in [-0.25, -0.2) is 9.37 Å².